The van der Waals surface area contributed by atoms with Crippen molar-refractivity contribution in [2.45, 2.75) is 30.9 Å². The first-order valence-electron chi connectivity index (χ1n) is 9.53. The van der Waals surface area contributed by atoms with E-state index in [2.05, 4.69) is 0 Å². The number of nitrogens with zero attached hydrogens (tertiary/aromatic N) is 2. The highest BCUT2D eigenvalue weighted by Gasteiger charge is 2.29. The van der Waals surface area contributed by atoms with Crippen molar-refractivity contribution < 1.29 is 17.9 Å². The Morgan fingerprint density at radius 3 is 2.64 bits per heavy atom. The minimum absolute atomic E-state index is 0.0157. The van der Waals surface area contributed by atoms with Crippen molar-refractivity contribution in [3.63, 3.8) is 0 Å². The van der Waals surface area contributed by atoms with Crippen LogP contribution in [0.2, 0.25) is 0 Å². The zero-order valence-corrected chi connectivity index (χ0v) is 16.7. The first-order valence-corrected chi connectivity index (χ1v) is 11.0. The predicted octanol–water partition coefficient (Wildman–Crippen LogP) is 2.29. The largest absolute Gasteiger partial charge is 0.375 e. The Morgan fingerprint density at radius 2 is 1.86 bits per heavy atom. The zero-order chi connectivity index (χ0) is 19.7. The van der Waals surface area contributed by atoms with Gasteiger partial charge in [0, 0.05) is 31.7 Å². The number of benzene rings is 2. The quantitative estimate of drug-likeness (QED) is 0.793. The van der Waals surface area contributed by atoms with Crippen LogP contribution in [0.4, 0.5) is 0 Å². The summed E-state index contributed by atoms with van der Waals surface area (Å²) in [6, 6.07) is 14.3. The van der Waals surface area contributed by atoms with Crippen molar-refractivity contribution in [2.24, 2.45) is 0 Å². The van der Waals surface area contributed by atoms with Crippen LogP contribution < -0.4 is 0 Å². The van der Waals surface area contributed by atoms with Crippen LogP contribution in [0, 0.1) is 0 Å². The molecule has 0 unspecified atom stereocenters. The summed E-state index contributed by atoms with van der Waals surface area (Å²) in [6.07, 6.45) is 0.678. The molecule has 1 amide bonds. The monoisotopic (exact) mass is 400 g/mol. The number of morpholine rings is 1. The maximum atomic E-state index is 13.2. The van der Waals surface area contributed by atoms with Gasteiger partial charge in [0.1, 0.15) is 0 Å². The van der Waals surface area contributed by atoms with Crippen LogP contribution in [0.3, 0.4) is 0 Å². The number of carbonyl (C=O) groups is 1. The molecule has 0 N–H and O–H groups in total. The molecule has 0 radical (unpaired) electrons. The maximum absolute atomic E-state index is 13.2. The Bertz CT molecular complexity index is 989. The Balaban J connectivity index is 1.57. The molecule has 1 saturated heterocycles. The molecule has 148 valence electrons. The molecule has 0 bridgehead atoms. The number of ether oxygens (including phenoxy) is 1. The van der Waals surface area contributed by atoms with Crippen molar-refractivity contribution in [1.29, 1.82) is 0 Å². The van der Waals surface area contributed by atoms with Gasteiger partial charge in [-0.1, -0.05) is 30.3 Å². The molecule has 2 aliphatic heterocycles. The minimum atomic E-state index is -3.66. The normalized spacial score (nSPS) is 20.6. The molecular weight excluding hydrogens is 376 g/mol. The van der Waals surface area contributed by atoms with Gasteiger partial charge in [-0.25, -0.2) is 8.42 Å². The molecule has 1 fully saturated rings. The van der Waals surface area contributed by atoms with Gasteiger partial charge in [-0.3, -0.25) is 4.79 Å². The first kappa shape index (κ1) is 19.1. The molecule has 0 spiro atoms. The summed E-state index contributed by atoms with van der Waals surface area (Å²) >= 11 is 0. The van der Waals surface area contributed by atoms with Crippen LogP contribution in [0.25, 0.3) is 0 Å². The molecule has 6 nitrogen and oxygen atoms in total. The van der Waals surface area contributed by atoms with Gasteiger partial charge in [-0.2, -0.15) is 4.31 Å². The number of amides is 1. The van der Waals surface area contributed by atoms with Crippen LogP contribution in [-0.2, 0) is 27.7 Å². The third kappa shape index (κ3) is 3.70. The molecule has 0 aliphatic carbocycles. The van der Waals surface area contributed by atoms with Gasteiger partial charge < -0.3 is 9.64 Å². The molecular formula is C21H24N2O4S. The predicted molar refractivity (Wildman–Crippen MR) is 106 cm³/mol. The lowest BCUT2D eigenvalue weighted by atomic mass is 10.0. The highest BCUT2D eigenvalue weighted by molar-refractivity contribution is 7.89. The molecule has 4 rings (SSSR count). The maximum Gasteiger partial charge on any atom is 0.254 e. The van der Waals surface area contributed by atoms with Gasteiger partial charge in [-0.05, 0) is 42.7 Å². The van der Waals surface area contributed by atoms with Crippen molar-refractivity contribution >= 4 is 15.9 Å². The SMILES string of the molecule is C[C@@H]1CN(C(=O)c2cccc(S(=O)(=O)N3CCc4ccccc4C3)c2)CCO1. The van der Waals surface area contributed by atoms with E-state index in [-0.39, 0.29) is 16.9 Å². The van der Waals surface area contributed by atoms with Gasteiger partial charge in [-0.15, -0.1) is 0 Å². The molecule has 28 heavy (non-hydrogen) atoms. The zero-order valence-electron chi connectivity index (χ0n) is 15.9. The average Bonchev–Trinajstić information content (AvgIpc) is 2.73. The van der Waals surface area contributed by atoms with Crippen LogP contribution in [0.5, 0.6) is 0 Å². The van der Waals surface area contributed by atoms with Crippen molar-refractivity contribution in [3.05, 3.63) is 65.2 Å². The van der Waals surface area contributed by atoms with Crippen LogP contribution in [0.1, 0.15) is 28.4 Å². The van der Waals surface area contributed by atoms with Gasteiger partial charge >= 0.3 is 0 Å². The lowest BCUT2D eigenvalue weighted by Gasteiger charge is -2.31. The van der Waals surface area contributed by atoms with Crippen molar-refractivity contribution in [1.82, 2.24) is 9.21 Å². The third-order valence-corrected chi connectivity index (χ3v) is 7.18. The lowest BCUT2D eigenvalue weighted by Crippen LogP contribution is -2.44. The Labute approximate surface area is 165 Å². The highest BCUT2D eigenvalue weighted by atomic mass is 32.2. The van der Waals surface area contributed by atoms with E-state index < -0.39 is 10.0 Å². The van der Waals surface area contributed by atoms with E-state index in [9.17, 15) is 13.2 Å². The fourth-order valence-electron chi connectivity index (χ4n) is 3.80. The molecule has 0 saturated carbocycles. The van der Waals surface area contributed by atoms with E-state index >= 15 is 0 Å². The highest BCUT2D eigenvalue weighted by Crippen LogP contribution is 2.25. The van der Waals surface area contributed by atoms with Crippen molar-refractivity contribution in [3.8, 4) is 0 Å². The van der Waals surface area contributed by atoms with Crippen molar-refractivity contribution in [2.75, 3.05) is 26.2 Å². The first-order chi connectivity index (χ1) is 13.4. The van der Waals surface area contributed by atoms with E-state index in [1.807, 2.05) is 31.2 Å². The Hall–Kier alpha value is -2.22. The van der Waals surface area contributed by atoms with Crippen LogP contribution in [0.15, 0.2) is 53.4 Å². The third-order valence-electron chi connectivity index (χ3n) is 5.34. The Kier molecular flexibility index (Phi) is 5.23. The lowest BCUT2D eigenvalue weighted by molar-refractivity contribution is -0.0124. The van der Waals surface area contributed by atoms with Gasteiger partial charge in [0.25, 0.3) is 5.91 Å². The standard InChI is InChI=1S/C21H24N2O4S/c1-16-14-22(11-12-27-16)21(24)18-7-4-8-20(13-18)28(25,26)23-10-9-17-5-2-3-6-19(17)15-23/h2-8,13,16H,9-12,14-15H2,1H3/t16-/m1/s1. The molecule has 2 heterocycles. The molecule has 1 atom stereocenters. The smallest absolute Gasteiger partial charge is 0.254 e. The summed E-state index contributed by atoms with van der Waals surface area (Å²) in [5.74, 6) is -0.156. The fraction of sp³-hybridized carbons (Fsp3) is 0.381. The molecule has 2 aromatic carbocycles. The van der Waals surface area contributed by atoms with E-state index in [1.54, 1.807) is 23.1 Å². The molecule has 2 aliphatic rings. The summed E-state index contributed by atoms with van der Waals surface area (Å²) in [5.41, 5.74) is 2.62. The minimum Gasteiger partial charge on any atom is -0.375 e. The molecule has 7 heteroatoms. The second-order valence-electron chi connectivity index (χ2n) is 7.32. The van der Waals surface area contributed by atoms with Gasteiger partial charge in [0.2, 0.25) is 10.0 Å². The number of fused-ring (bicyclic) bond motifs is 1. The van der Waals surface area contributed by atoms with E-state index in [0.717, 1.165) is 5.56 Å². The summed E-state index contributed by atoms with van der Waals surface area (Å²) in [4.78, 5) is 14.7. The number of carbonyl (C=O) groups excluding carboxylic acids is 1. The van der Waals surface area contributed by atoms with Gasteiger partial charge in [0.15, 0.2) is 0 Å². The summed E-state index contributed by atoms with van der Waals surface area (Å²) in [6.45, 7) is 4.25. The average molecular weight is 401 g/mol. The summed E-state index contributed by atoms with van der Waals surface area (Å²) in [7, 11) is -3.66. The van der Waals surface area contributed by atoms with Gasteiger partial charge in [0.05, 0.1) is 17.6 Å². The number of sulfonamides is 1. The second-order valence-corrected chi connectivity index (χ2v) is 9.26. The molecule has 2 aromatic rings. The molecule has 0 aromatic heterocycles. The number of rotatable bonds is 3. The van der Waals surface area contributed by atoms with E-state index in [1.165, 1.54) is 15.9 Å². The number of hydrogen-bond acceptors (Lipinski definition) is 4. The van der Waals surface area contributed by atoms with E-state index in [0.29, 0.717) is 44.8 Å². The topological polar surface area (TPSA) is 66.9 Å². The Morgan fingerprint density at radius 1 is 1.07 bits per heavy atom. The second kappa shape index (κ2) is 7.66. The van der Waals surface area contributed by atoms with E-state index in [4.69, 9.17) is 4.74 Å². The fourth-order valence-corrected chi connectivity index (χ4v) is 5.26. The summed E-state index contributed by atoms with van der Waals surface area (Å²) < 4.78 is 33.3. The van der Waals surface area contributed by atoms with Crippen LogP contribution in [-0.4, -0.2) is 55.9 Å². The number of hydrogen-bond donors (Lipinski definition) is 0. The van der Waals surface area contributed by atoms with Crippen LogP contribution >= 0.6 is 0 Å². The summed E-state index contributed by atoms with van der Waals surface area (Å²) in [5, 5.41) is 0.